The van der Waals surface area contributed by atoms with Gasteiger partial charge in [-0.1, -0.05) is 60.4 Å². The minimum Gasteiger partial charge on any atom is -0.480 e. The number of para-hydroxylation sites is 2. The minimum absolute atomic E-state index is 0.212. The fourth-order valence-electron chi connectivity index (χ4n) is 3.41. The number of nitrogens with zero attached hydrogens (tertiary/aromatic N) is 3. The molecule has 1 aliphatic rings. The summed E-state index contributed by atoms with van der Waals surface area (Å²) in [7, 11) is 0. The van der Waals surface area contributed by atoms with Crippen molar-refractivity contribution >= 4 is 57.2 Å². The predicted octanol–water partition coefficient (Wildman–Crippen LogP) is 4.57. The first-order valence-corrected chi connectivity index (χ1v) is 10.8. The van der Waals surface area contributed by atoms with Crippen molar-refractivity contribution in [1.29, 1.82) is 0 Å². The Labute approximate surface area is 191 Å². The summed E-state index contributed by atoms with van der Waals surface area (Å²) in [4.78, 5) is 25.3. The van der Waals surface area contributed by atoms with Gasteiger partial charge in [0, 0.05) is 17.1 Å². The molecule has 1 fully saturated rings. The van der Waals surface area contributed by atoms with Gasteiger partial charge in [0.25, 0.3) is 5.91 Å². The Morgan fingerprint density at radius 1 is 1.16 bits per heavy atom. The third-order valence-electron chi connectivity index (χ3n) is 4.88. The van der Waals surface area contributed by atoms with E-state index in [1.165, 1.54) is 0 Å². The van der Waals surface area contributed by atoms with Gasteiger partial charge in [-0.15, -0.1) is 0 Å². The van der Waals surface area contributed by atoms with E-state index in [9.17, 15) is 9.59 Å². The Morgan fingerprint density at radius 2 is 1.91 bits per heavy atom. The molecule has 0 atom stereocenters. The first kappa shape index (κ1) is 20.2. The van der Waals surface area contributed by atoms with E-state index in [2.05, 4.69) is 0 Å². The third kappa shape index (κ3) is 3.72. The maximum absolute atomic E-state index is 12.8. The number of amides is 1. The summed E-state index contributed by atoms with van der Waals surface area (Å²) in [5, 5.41) is 14.7. The summed E-state index contributed by atoms with van der Waals surface area (Å²) < 4.78 is 7.95. The molecule has 1 N–H and O–H groups in total. The van der Waals surface area contributed by atoms with Crippen molar-refractivity contribution in [2.24, 2.45) is 0 Å². The summed E-state index contributed by atoms with van der Waals surface area (Å²) in [5.41, 5.74) is 2.80. The van der Waals surface area contributed by atoms with Crippen LogP contribution in [0.25, 0.3) is 34.2 Å². The van der Waals surface area contributed by atoms with Crippen LogP contribution >= 0.6 is 24.0 Å². The summed E-state index contributed by atoms with van der Waals surface area (Å²) in [5.74, 6) is -0.999. The van der Waals surface area contributed by atoms with Crippen LogP contribution in [-0.4, -0.2) is 42.5 Å². The van der Waals surface area contributed by atoms with Gasteiger partial charge < -0.3 is 9.52 Å². The highest BCUT2D eigenvalue weighted by Gasteiger charge is 2.33. The van der Waals surface area contributed by atoms with Crippen LogP contribution in [0.2, 0.25) is 0 Å². The molecule has 1 amide bonds. The zero-order valence-corrected chi connectivity index (χ0v) is 18.1. The van der Waals surface area contributed by atoms with Crippen LogP contribution in [0.15, 0.2) is 76.2 Å². The maximum Gasteiger partial charge on any atom is 0.323 e. The van der Waals surface area contributed by atoms with Gasteiger partial charge in [0.15, 0.2) is 5.76 Å². The number of thiocarbonyl (C=S) groups is 1. The largest absolute Gasteiger partial charge is 0.480 e. The number of rotatable bonds is 5. The lowest BCUT2D eigenvalue weighted by Gasteiger charge is -2.10. The minimum atomic E-state index is -1.12. The van der Waals surface area contributed by atoms with Crippen molar-refractivity contribution in [3.63, 3.8) is 0 Å². The SMILES string of the molecule is O=C(O)CN1C(=O)C(=Cc2cn(-c3ccccc3)nc2-c2cc3ccccc3o2)SC1=S. The number of benzene rings is 2. The number of furan rings is 1. The van der Waals surface area contributed by atoms with Gasteiger partial charge in [0.2, 0.25) is 0 Å². The number of thioether (sulfide) groups is 1. The molecule has 2 aromatic heterocycles. The zero-order chi connectivity index (χ0) is 22.2. The number of hydrogen-bond donors (Lipinski definition) is 1. The smallest absolute Gasteiger partial charge is 0.323 e. The lowest BCUT2D eigenvalue weighted by Crippen LogP contribution is -2.33. The van der Waals surface area contributed by atoms with Gasteiger partial charge in [-0.2, -0.15) is 5.10 Å². The summed E-state index contributed by atoms with van der Waals surface area (Å²) >= 11 is 6.28. The highest BCUT2D eigenvalue weighted by molar-refractivity contribution is 8.26. The van der Waals surface area contributed by atoms with E-state index in [-0.39, 0.29) is 4.32 Å². The van der Waals surface area contributed by atoms with Crippen molar-refractivity contribution in [2.45, 2.75) is 0 Å². The molecule has 3 heterocycles. The number of carbonyl (C=O) groups excluding carboxylic acids is 1. The van der Waals surface area contributed by atoms with Crippen molar-refractivity contribution in [3.8, 4) is 17.1 Å². The molecule has 5 rings (SSSR count). The normalized spacial score (nSPS) is 15.2. The van der Waals surface area contributed by atoms with Crippen molar-refractivity contribution in [1.82, 2.24) is 14.7 Å². The molecule has 2 aromatic carbocycles. The van der Waals surface area contributed by atoms with E-state index in [0.717, 1.165) is 33.3 Å². The standard InChI is InChI=1S/C23H15N3O4S2/c27-20(28)13-25-22(29)19(32-23(25)31)11-15-12-26(16-7-2-1-3-8-16)24-21(15)18-10-14-6-4-5-9-17(14)30-18/h1-12H,13H2,(H,27,28). The number of carboxylic acid groups (broad SMARTS) is 1. The van der Waals surface area contributed by atoms with Crippen LogP contribution in [0.4, 0.5) is 0 Å². The predicted molar refractivity (Wildman–Crippen MR) is 126 cm³/mol. The monoisotopic (exact) mass is 461 g/mol. The van der Waals surface area contributed by atoms with Crippen molar-refractivity contribution in [3.05, 3.63) is 77.3 Å². The molecule has 158 valence electrons. The topological polar surface area (TPSA) is 88.6 Å². The molecule has 0 unspecified atom stereocenters. The van der Waals surface area contributed by atoms with Crippen LogP contribution in [0.5, 0.6) is 0 Å². The molecule has 0 bridgehead atoms. The molecule has 0 spiro atoms. The van der Waals surface area contributed by atoms with Gasteiger partial charge in [-0.05, 0) is 30.3 Å². The summed E-state index contributed by atoms with van der Waals surface area (Å²) in [6.07, 6.45) is 3.48. The molecule has 4 aromatic rings. The van der Waals surface area contributed by atoms with Crippen molar-refractivity contribution in [2.75, 3.05) is 6.54 Å². The Balaban J connectivity index is 1.62. The Bertz CT molecular complexity index is 1370. The molecule has 7 nitrogen and oxygen atoms in total. The zero-order valence-electron chi connectivity index (χ0n) is 16.5. The van der Waals surface area contributed by atoms with Gasteiger partial charge in [-0.25, -0.2) is 4.68 Å². The third-order valence-corrected chi connectivity index (χ3v) is 6.25. The van der Waals surface area contributed by atoms with Gasteiger partial charge in [0.05, 0.1) is 10.6 Å². The lowest BCUT2D eigenvalue weighted by molar-refractivity contribution is -0.140. The summed E-state index contributed by atoms with van der Waals surface area (Å²) in [6, 6.07) is 19.1. The van der Waals surface area contributed by atoms with Gasteiger partial charge in [-0.3, -0.25) is 14.5 Å². The summed E-state index contributed by atoms with van der Waals surface area (Å²) in [6.45, 7) is -0.471. The lowest BCUT2D eigenvalue weighted by atomic mass is 10.1. The Kier molecular flexibility index (Phi) is 5.12. The van der Waals surface area contributed by atoms with E-state index < -0.39 is 18.4 Å². The Morgan fingerprint density at radius 3 is 2.66 bits per heavy atom. The maximum atomic E-state index is 12.8. The molecule has 1 saturated heterocycles. The van der Waals surface area contributed by atoms with E-state index in [1.807, 2.05) is 66.9 Å². The average molecular weight is 462 g/mol. The molecule has 1 aliphatic heterocycles. The van der Waals surface area contributed by atoms with Crippen molar-refractivity contribution < 1.29 is 19.1 Å². The molecular formula is C23H15N3O4S2. The van der Waals surface area contributed by atoms with Crippen LogP contribution in [0, 0.1) is 0 Å². The average Bonchev–Trinajstić information content (AvgIpc) is 3.46. The molecule has 0 aliphatic carbocycles. The van der Waals surface area contributed by atoms with Crippen LogP contribution in [0.3, 0.4) is 0 Å². The highest BCUT2D eigenvalue weighted by atomic mass is 32.2. The van der Waals surface area contributed by atoms with Crippen LogP contribution < -0.4 is 0 Å². The highest BCUT2D eigenvalue weighted by Crippen LogP contribution is 2.36. The number of carbonyl (C=O) groups is 2. The quantitative estimate of drug-likeness (QED) is 0.344. The second-order valence-corrected chi connectivity index (χ2v) is 8.70. The van der Waals surface area contributed by atoms with Crippen LogP contribution in [0.1, 0.15) is 5.56 Å². The Hall–Kier alpha value is -3.69. The van der Waals surface area contributed by atoms with E-state index in [0.29, 0.717) is 21.9 Å². The number of hydrogen-bond acceptors (Lipinski definition) is 6. The fraction of sp³-hybridized carbons (Fsp3) is 0.0435. The second-order valence-electron chi connectivity index (χ2n) is 7.02. The number of carboxylic acids is 1. The number of aromatic nitrogens is 2. The first-order valence-electron chi connectivity index (χ1n) is 9.61. The van der Waals surface area contributed by atoms with E-state index >= 15 is 0 Å². The molecule has 0 radical (unpaired) electrons. The van der Waals surface area contributed by atoms with Gasteiger partial charge >= 0.3 is 5.97 Å². The molecule has 9 heteroatoms. The number of fused-ring (bicyclic) bond motifs is 1. The van der Waals surface area contributed by atoms with E-state index in [4.69, 9.17) is 26.8 Å². The molecule has 0 saturated carbocycles. The van der Waals surface area contributed by atoms with Gasteiger partial charge in [0.1, 0.15) is 22.1 Å². The van der Waals surface area contributed by atoms with E-state index in [1.54, 1.807) is 10.8 Å². The first-order chi connectivity index (χ1) is 15.5. The van der Waals surface area contributed by atoms with Crippen LogP contribution in [-0.2, 0) is 9.59 Å². The fourth-order valence-corrected chi connectivity index (χ4v) is 4.65. The number of aliphatic carboxylic acids is 1. The molecular weight excluding hydrogens is 446 g/mol. The second kappa shape index (κ2) is 8.10. The molecule has 32 heavy (non-hydrogen) atoms.